The van der Waals surface area contributed by atoms with Crippen LogP contribution in [0, 0.1) is 0 Å². The lowest BCUT2D eigenvalue weighted by Crippen LogP contribution is -2.42. The number of carbonyl (C=O) groups excluding carboxylic acids is 2. The fourth-order valence-corrected chi connectivity index (χ4v) is 2.82. The van der Waals surface area contributed by atoms with Gasteiger partial charge >= 0.3 is 0 Å². The summed E-state index contributed by atoms with van der Waals surface area (Å²) in [6.45, 7) is 5.28. The first-order valence-corrected chi connectivity index (χ1v) is 9.33. The normalized spacial score (nSPS) is 17.0. The van der Waals surface area contributed by atoms with Crippen LogP contribution < -0.4 is 5.32 Å². The molecular formula is C20H29N3O2. The van der Waals surface area contributed by atoms with Crippen LogP contribution in [0.1, 0.15) is 55.5 Å². The number of carbonyl (C=O) groups is 2. The van der Waals surface area contributed by atoms with E-state index >= 15 is 0 Å². The van der Waals surface area contributed by atoms with E-state index in [1.54, 1.807) is 4.90 Å². The highest BCUT2D eigenvalue weighted by molar-refractivity contribution is 5.94. The third-order valence-corrected chi connectivity index (χ3v) is 5.08. The molecule has 2 saturated carbocycles. The molecule has 0 unspecified atom stereocenters. The molecule has 2 amide bonds. The summed E-state index contributed by atoms with van der Waals surface area (Å²) < 4.78 is 0. The highest BCUT2D eigenvalue weighted by atomic mass is 16.2. The number of rotatable bonds is 8. The zero-order valence-corrected chi connectivity index (χ0v) is 15.5. The van der Waals surface area contributed by atoms with Gasteiger partial charge in [0, 0.05) is 37.3 Å². The van der Waals surface area contributed by atoms with Gasteiger partial charge in [-0.3, -0.25) is 14.5 Å². The molecule has 1 aromatic rings. The molecule has 5 nitrogen and oxygen atoms in total. The van der Waals surface area contributed by atoms with E-state index in [1.807, 2.05) is 45.2 Å². The van der Waals surface area contributed by atoms with Crippen molar-refractivity contribution in [2.75, 3.05) is 13.6 Å². The molecule has 2 aliphatic rings. The monoisotopic (exact) mass is 343 g/mol. The van der Waals surface area contributed by atoms with E-state index in [9.17, 15) is 9.59 Å². The highest BCUT2D eigenvalue weighted by Gasteiger charge is 2.31. The Kier molecular flexibility index (Phi) is 5.42. The second kappa shape index (κ2) is 7.56. The number of nitrogens with zero attached hydrogens (tertiary/aromatic N) is 2. The van der Waals surface area contributed by atoms with Crippen LogP contribution in [0.25, 0.3) is 0 Å². The first kappa shape index (κ1) is 17.9. The lowest BCUT2D eigenvalue weighted by Gasteiger charge is -2.27. The topological polar surface area (TPSA) is 52.7 Å². The molecule has 5 heteroatoms. The number of likely N-dealkylation sites (N-methyl/N-ethyl adjacent to an activating group) is 1. The third kappa shape index (κ3) is 5.05. The van der Waals surface area contributed by atoms with Crippen LogP contribution >= 0.6 is 0 Å². The minimum atomic E-state index is 0.0156. The van der Waals surface area contributed by atoms with Crippen molar-refractivity contribution in [2.24, 2.45) is 0 Å². The van der Waals surface area contributed by atoms with Gasteiger partial charge < -0.3 is 10.2 Å². The van der Waals surface area contributed by atoms with E-state index in [1.165, 1.54) is 12.8 Å². The Morgan fingerprint density at radius 3 is 2.28 bits per heavy atom. The Morgan fingerprint density at radius 2 is 1.76 bits per heavy atom. The minimum absolute atomic E-state index is 0.0156. The number of amides is 2. The summed E-state index contributed by atoms with van der Waals surface area (Å²) in [7, 11) is 1.87. The van der Waals surface area contributed by atoms with Gasteiger partial charge in [-0.15, -0.1) is 0 Å². The van der Waals surface area contributed by atoms with Gasteiger partial charge in [-0.05, 0) is 57.2 Å². The molecule has 0 heterocycles. The summed E-state index contributed by atoms with van der Waals surface area (Å²) in [5.41, 5.74) is 1.86. The standard InChI is InChI=1S/C20H29N3O2/c1-14(2)22(3)19(24)13-23(18-10-11-18)12-15-4-6-16(7-5-15)20(25)21-17-8-9-17/h4-7,14,17-18H,8-13H2,1-3H3,(H,21,25). The van der Waals surface area contributed by atoms with E-state index in [2.05, 4.69) is 10.2 Å². The Balaban J connectivity index is 1.58. The van der Waals surface area contributed by atoms with Crippen molar-refractivity contribution < 1.29 is 9.59 Å². The van der Waals surface area contributed by atoms with E-state index in [4.69, 9.17) is 0 Å². The summed E-state index contributed by atoms with van der Waals surface area (Å²) in [6.07, 6.45) is 4.53. The summed E-state index contributed by atoms with van der Waals surface area (Å²) in [5.74, 6) is 0.184. The maximum Gasteiger partial charge on any atom is 0.251 e. The molecule has 0 bridgehead atoms. The number of nitrogens with one attached hydrogen (secondary N) is 1. The quantitative estimate of drug-likeness (QED) is 0.789. The molecule has 25 heavy (non-hydrogen) atoms. The summed E-state index contributed by atoms with van der Waals surface area (Å²) in [5, 5.41) is 3.01. The molecule has 0 aliphatic heterocycles. The van der Waals surface area contributed by atoms with Crippen molar-refractivity contribution in [1.82, 2.24) is 15.1 Å². The number of hydrogen-bond donors (Lipinski definition) is 1. The summed E-state index contributed by atoms with van der Waals surface area (Å²) in [6, 6.07) is 8.91. The molecule has 1 aromatic carbocycles. The average Bonchev–Trinajstić information content (AvgIpc) is 3.47. The Labute approximate surface area is 150 Å². The average molecular weight is 343 g/mol. The van der Waals surface area contributed by atoms with E-state index in [0.29, 0.717) is 24.2 Å². The predicted molar refractivity (Wildman–Crippen MR) is 98.3 cm³/mol. The zero-order valence-electron chi connectivity index (χ0n) is 15.5. The maximum atomic E-state index is 12.4. The lowest BCUT2D eigenvalue weighted by atomic mass is 10.1. The van der Waals surface area contributed by atoms with Crippen LogP contribution in [-0.2, 0) is 11.3 Å². The van der Waals surface area contributed by atoms with E-state index < -0.39 is 0 Å². The second-order valence-electron chi connectivity index (χ2n) is 7.68. The van der Waals surface area contributed by atoms with Crippen LogP contribution in [0.15, 0.2) is 24.3 Å². The van der Waals surface area contributed by atoms with Gasteiger partial charge in [0.05, 0.1) is 6.54 Å². The molecule has 0 spiro atoms. The van der Waals surface area contributed by atoms with Gasteiger partial charge in [0.2, 0.25) is 5.91 Å². The largest absolute Gasteiger partial charge is 0.349 e. The van der Waals surface area contributed by atoms with Crippen LogP contribution in [0.4, 0.5) is 0 Å². The van der Waals surface area contributed by atoms with Crippen LogP contribution in [0.5, 0.6) is 0 Å². The zero-order chi connectivity index (χ0) is 18.0. The highest BCUT2D eigenvalue weighted by Crippen LogP contribution is 2.28. The fraction of sp³-hybridized carbons (Fsp3) is 0.600. The van der Waals surface area contributed by atoms with Gasteiger partial charge in [0.25, 0.3) is 5.91 Å². The van der Waals surface area contributed by atoms with Gasteiger partial charge in [-0.25, -0.2) is 0 Å². The Bertz CT molecular complexity index is 618. The van der Waals surface area contributed by atoms with Crippen molar-refractivity contribution >= 4 is 11.8 Å². The third-order valence-electron chi connectivity index (χ3n) is 5.08. The predicted octanol–water partition coefficient (Wildman–Crippen LogP) is 2.41. The summed E-state index contributed by atoms with van der Waals surface area (Å²) in [4.78, 5) is 28.5. The molecule has 0 saturated heterocycles. The van der Waals surface area contributed by atoms with Gasteiger partial charge in [-0.2, -0.15) is 0 Å². The Hall–Kier alpha value is -1.88. The first-order valence-electron chi connectivity index (χ1n) is 9.33. The molecular weight excluding hydrogens is 314 g/mol. The fourth-order valence-electron chi connectivity index (χ4n) is 2.82. The van der Waals surface area contributed by atoms with Crippen molar-refractivity contribution in [3.63, 3.8) is 0 Å². The molecule has 1 N–H and O–H groups in total. The lowest BCUT2D eigenvalue weighted by molar-refractivity contribution is -0.132. The number of benzene rings is 1. The van der Waals surface area contributed by atoms with Gasteiger partial charge in [0.15, 0.2) is 0 Å². The molecule has 3 rings (SSSR count). The molecule has 2 aliphatic carbocycles. The van der Waals surface area contributed by atoms with Crippen LogP contribution in [0.2, 0.25) is 0 Å². The molecule has 0 atom stereocenters. The summed E-state index contributed by atoms with van der Waals surface area (Å²) >= 11 is 0. The second-order valence-corrected chi connectivity index (χ2v) is 7.68. The van der Waals surface area contributed by atoms with Crippen molar-refractivity contribution in [1.29, 1.82) is 0 Å². The smallest absolute Gasteiger partial charge is 0.251 e. The molecule has 0 radical (unpaired) electrons. The van der Waals surface area contributed by atoms with Crippen molar-refractivity contribution in [3.8, 4) is 0 Å². The SMILES string of the molecule is CC(C)N(C)C(=O)CN(Cc1ccc(C(=O)NC2CC2)cc1)C1CC1. The van der Waals surface area contributed by atoms with Crippen molar-refractivity contribution in [2.45, 2.75) is 64.2 Å². The van der Waals surface area contributed by atoms with Crippen LogP contribution in [-0.4, -0.2) is 53.3 Å². The van der Waals surface area contributed by atoms with Gasteiger partial charge in [-0.1, -0.05) is 12.1 Å². The van der Waals surface area contributed by atoms with Crippen LogP contribution in [0.3, 0.4) is 0 Å². The minimum Gasteiger partial charge on any atom is -0.349 e. The maximum absolute atomic E-state index is 12.4. The first-order chi connectivity index (χ1) is 11.9. The van der Waals surface area contributed by atoms with Gasteiger partial charge in [0.1, 0.15) is 0 Å². The molecule has 2 fully saturated rings. The Morgan fingerprint density at radius 1 is 1.12 bits per heavy atom. The number of hydrogen-bond acceptors (Lipinski definition) is 3. The molecule has 136 valence electrons. The van der Waals surface area contributed by atoms with E-state index in [-0.39, 0.29) is 17.9 Å². The van der Waals surface area contributed by atoms with Crippen molar-refractivity contribution in [3.05, 3.63) is 35.4 Å². The molecule has 0 aromatic heterocycles. The van der Waals surface area contributed by atoms with E-state index in [0.717, 1.165) is 24.9 Å².